The molecule has 0 radical (unpaired) electrons. The molecule has 4 unspecified atom stereocenters. The first kappa shape index (κ1) is 51.5. The molecule has 0 saturated heterocycles. The summed E-state index contributed by atoms with van der Waals surface area (Å²) in [7, 11) is 1.34. The Morgan fingerprint density at radius 3 is 2.16 bits per heavy atom. The summed E-state index contributed by atoms with van der Waals surface area (Å²) in [6.07, 6.45) is 1.32. The number of ether oxygens (including phenoxy) is 2. The summed E-state index contributed by atoms with van der Waals surface area (Å²) in [5.74, 6) is -3.33. The zero-order valence-corrected chi connectivity index (χ0v) is 39.1. The highest BCUT2D eigenvalue weighted by atomic mass is 16.5. The number of carbonyl (C=O) groups is 6. The van der Waals surface area contributed by atoms with E-state index in [-0.39, 0.29) is 55.8 Å². The molecule has 20 nitrogen and oxygen atoms in total. The molecule has 0 saturated carbocycles. The molecule has 11 N–H and O–H groups in total. The molecule has 0 spiro atoms. The second-order valence-electron chi connectivity index (χ2n) is 17.1. The van der Waals surface area contributed by atoms with Crippen molar-refractivity contribution in [3.05, 3.63) is 94.8 Å². The Hall–Kier alpha value is -7.47. The van der Waals surface area contributed by atoms with Crippen LogP contribution in [0, 0.1) is 18.3 Å². The Kier molecular flexibility index (Phi) is 17.7. The van der Waals surface area contributed by atoms with Crippen molar-refractivity contribution in [2.75, 3.05) is 53.0 Å². The molecule has 4 bridgehead atoms. The second-order valence-corrected chi connectivity index (χ2v) is 17.1. The molecule has 0 fully saturated rings. The third-order valence-electron chi connectivity index (χ3n) is 11.1. The lowest BCUT2D eigenvalue weighted by Crippen LogP contribution is -2.57. The molecule has 20 heteroatoms. The number of amides is 6. The highest BCUT2D eigenvalue weighted by molar-refractivity contribution is 6.00. The summed E-state index contributed by atoms with van der Waals surface area (Å²) in [4.78, 5) is 93.2. The summed E-state index contributed by atoms with van der Waals surface area (Å²) in [6.45, 7) is 8.73. The smallest absolute Gasteiger partial charge is 0.255 e. The largest absolute Gasteiger partial charge is 0.492 e. The molecule has 360 valence electrons. The monoisotopic (exact) mass is 932 g/mol. The summed E-state index contributed by atoms with van der Waals surface area (Å²) in [6, 6.07) is 14.1. The molecule has 5 rings (SSSR count). The van der Waals surface area contributed by atoms with Crippen molar-refractivity contribution in [1.82, 2.24) is 41.5 Å². The predicted octanol–water partition coefficient (Wildman–Crippen LogP) is 0.650. The van der Waals surface area contributed by atoms with E-state index in [1.165, 1.54) is 20.2 Å². The summed E-state index contributed by atoms with van der Waals surface area (Å²) in [5.41, 5.74) is 21.1. The SMILES string of the molecule is Cc1nc(-c2ccc(C(C)(C)C)cc2)ncc1C(=O)NC(CNC(=O)CN)C(=O)N(C)C1C(=O)NC(C)C(=O)NC(C(=O)NCC#N)Cc2ccc(OCCN)c(c2)-c2cc1ccc2OCCN. The van der Waals surface area contributed by atoms with Crippen LogP contribution in [0.15, 0.2) is 66.9 Å². The average Bonchev–Trinajstić information content (AvgIpc) is 3.32. The number of benzene rings is 3. The maximum absolute atomic E-state index is 14.8. The number of carbonyl (C=O) groups excluding carboxylic acids is 6. The Bertz CT molecular complexity index is 2540. The highest BCUT2D eigenvalue weighted by Crippen LogP contribution is 2.40. The molecule has 0 aliphatic carbocycles. The molecule has 6 amide bonds. The van der Waals surface area contributed by atoms with Gasteiger partial charge in [-0.25, -0.2) is 9.97 Å². The fraction of sp³-hybridized carbons (Fsp3) is 0.396. The highest BCUT2D eigenvalue weighted by Gasteiger charge is 2.37. The van der Waals surface area contributed by atoms with Gasteiger partial charge in [0, 0.05) is 56.0 Å². The van der Waals surface area contributed by atoms with E-state index in [4.69, 9.17) is 26.7 Å². The van der Waals surface area contributed by atoms with Crippen molar-refractivity contribution in [3.63, 3.8) is 0 Å². The molecule has 4 atom stereocenters. The van der Waals surface area contributed by atoms with Crippen LogP contribution in [0.3, 0.4) is 0 Å². The fourth-order valence-corrected chi connectivity index (χ4v) is 7.38. The van der Waals surface area contributed by atoms with Crippen LogP contribution in [0.4, 0.5) is 0 Å². The number of rotatable bonds is 16. The van der Waals surface area contributed by atoms with Crippen LogP contribution in [0.5, 0.6) is 11.5 Å². The number of aromatic nitrogens is 2. The van der Waals surface area contributed by atoms with Gasteiger partial charge in [-0.3, -0.25) is 28.8 Å². The lowest BCUT2D eigenvalue weighted by molar-refractivity contribution is -0.141. The third-order valence-corrected chi connectivity index (χ3v) is 11.1. The van der Waals surface area contributed by atoms with Gasteiger partial charge < -0.3 is 58.2 Å². The van der Waals surface area contributed by atoms with Crippen molar-refractivity contribution in [2.45, 2.75) is 70.6 Å². The zero-order chi connectivity index (χ0) is 49.7. The van der Waals surface area contributed by atoms with E-state index in [0.717, 1.165) is 16.0 Å². The van der Waals surface area contributed by atoms with Gasteiger partial charge in [-0.15, -0.1) is 0 Å². The number of fused-ring (bicyclic) bond motifs is 5. The van der Waals surface area contributed by atoms with Gasteiger partial charge in [-0.2, -0.15) is 5.26 Å². The Morgan fingerprint density at radius 2 is 1.56 bits per heavy atom. The van der Waals surface area contributed by atoms with Crippen LogP contribution < -0.4 is 53.3 Å². The van der Waals surface area contributed by atoms with E-state index < -0.39 is 72.7 Å². The van der Waals surface area contributed by atoms with Gasteiger partial charge in [-0.1, -0.05) is 57.2 Å². The van der Waals surface area contributed by atoms with Gasteiger partial charge in [0.25, 0.3) is 5.91 Å². The minimum absolute atomic E-state index is 0.0264. The number of nitrogens with one attached hydrogen (secondary N) is 5. The molecule has 1 aromatic heterocycles. The van der Waals surface area contributed by atoms with E-state index >= 15 is 0 Å². The van der Waals surface area contributed by atoms with Gasteiger partial charge in [0.1, 0.15) is 55.4 Å². The molecule has 4 aromatic rings. The van der Waals surface area contributed by atoms with Gasteiger partial charge in [0.05, 0.1) is 23.9 Å². The standard InChI is InChI=1S/C48H60N12O8/c1-27-35(25-55-42(56-27)30-8-11-32(12-9-30)48(3,4)5)44(63)59-37(26-54-40(61)24-52)47(66)60(6)41-31-10-14-39(68-20-17-51)34(23-31)33-21-29(7-13-38(33)67-19-16-50)22-36(45(64)53-18-15-49)58-43(62)28(2)57-46(41)65/h7-14,21,23,25,28,36-37,41H,16-20,22,24,26,50-52H2,1-6H3,(H,53,64)(H,54,61)(H,57,65)(H,58,62)(H,59,63). The normalized spacial score (nSPS) is 16.4. The quantitative estimate of drug-likeness (QED) is 0.0716. The minimum Gasteiger partial charge on any atom is -0.492 e. The third kappa shape index (κ3) is 12.9. The van der Waals surface area contributed by atoms with E-state index in [1.807, 2.05) is 30.3 Å². The summed E-state index contributed by atoms with van der Waals surface area (Å²) in [5, 5.41) is 22.3. The molecule has 1 aliphatic heterocycles. The van der Waals surface area contributed by atoms with Crippen molar-refractivity contribution >= 4 is 35.4 Å². The molecular weight excluding hydrogens is 873 g/mol. The number of likely N-dealkylation sites (N-methyl/N-ethyl adjacent to an activating group) is 1. The van der Waals surface area contributed by atoms with Crippen LogP contribution in [0.25, 0.3) is 22.5 Å². The number of hydrogen-bond donors (Lipinski definition) is 8. The lowest BCUT2D eigenvalue weighted by atomic mass is 9.87. The first-order valence-electron chi connectivity index (χ1n) is 22.1. The maximum atomic E-state index is 14.8. The zero-order valence-electron chi connectivity index (χ0n) is 39.1. The Balaban J connectivity index is 1.59. The van der Waals surface area contributed by atoms with Gasteiger partial charge in [0.15, 0.2) is 5.82 Å². The number of aryl methyl sites for hydroxylation is 1. The number of nitriles is 1. The molecule has 68 heavy (non-hydrogen) atoms. The number of nitrogens with two attached hydrogens (primary N) is 3. The predicted molar refractivity (Wildman–Crippen MR) is 253 cm³/mol. The second kappa shape index (κ2) is 23.3. The van der Waals surface area contributed by atoms with E-state index in [1.54, 1.807) is 43.3 Å². The first-order valence-corrected chi connectivity index (χ1v) is 22.1. The summed E-state index contributed by atoms with van der Waals surface area (Å²) >= 11 is 0. The van der Waals surface area contributed by atoms with Crippen molar-refractivity contribution in [3.8, 4) is 40.1 Å². The first-order chi connectivity index (χ1) is 32.4. The molecule has 2 heterocycles. The van der Waals surface area contributed by atoms with Crippen molar-refractivity contribution in [2.24, 2.45) is 17.2 Å². The van der Waals surface area contributed by atoms with E-state index in [0.29, 0.717) is 39.7 Å². The fourth-order valence-electron chi connectivity index (χ4n) is 7.38. The minimum atomic E-state index is -1.51. The molecular formula is C48H60N12O8. The van der Waals surface area contributed by atoms with Crippen LogP contribution >= 0.6 is 0 Å². The van der Waals surface area contributed by atoms with Crippen molar-refractivity contribution < 1.29 is 38.2 Å². The Labute approximate surface area is 395 Å². The molecule has 3 aromatic carbocycles. The van der Waals surface area contributed by atoms with Crippen LogP contribution in [-0.2, 0) is 35.8 Å². The van der Waals surface area contributed by atoms with Crippen LogP contribution in [-0.4, -0.2) is 121 Å². The summed E-state index contributed by atoms with van der Waals surface area (Å²) < 4.78 is 12.2. The Morgan fingerprint density at radius 1 is 0.912 bits per heavy atom. The van der Waals surface area contributed by atoms with Gasteiger partial charge in [-0.05, 0) is 60.2 Å². The lowest BCUT2D eigenvalue weighted by Gasteiger charge is -2.32. The molecule has 1 aliphatic rings. The van der Waals surface area contributed by atoms with Gasteiger partial charge in [0.2, 0.25) is 29.5 Å². The van der Waals surface area contributed by atoms with E-state index in [9.17, 15) is 34.0 Å². The average molecular weight is 933 g/mol. The van der Waals surface area contributed by atoms with E-state index in [2.05, 4.69) is 57.3 Å². The van der Waals surface area contributed by atoms with Crippen LogP contribution in [0.2, 0.25) is 0 Å². The van der Waals surface area contributed by atoms with Crippen molar-refractivity contribution in [1.29, 1.82) is 5.26 Å². The number of hydrogen-bond acceptors (Lipinski definition) is 14. The maximum Gasteiger partial charge on any atom is 0.255 e. The van der Waals surface area contributed by atoms with Crippen LogP contribution in [0.1, 0.15) is 66.5 Å². The van der Waals surface area contributed by atoms with Gasteiger partial charge >= 0.3 is 0 Å². The topological polar surface area (TPSA) is 312 Å². The number of nitrogens with zero attached hydrogens (tertiary/aromatic N) is 4.